The molecule has 0 radical (unpaired) electrons. The quantitative estimate of drug-likeness (QED) is 0.320. The van der Waals surface area contributed by atoms with Crippen LogP contribution in [0.1, 0.15) is 64.2 Å². The van der Waals surface area contributed by atoms with E-state index in [9.17, 15) is 0 Å². The van der Waals surface area contributed by atoms with Crippen molar-refractivity contribution in [3.05, 3.63) is 54.6 Å². The van der Waals surface area contributed by atoms with Crippen LogP contribution in [0.4, 0.5) is 0 Å². The van der Waals surface area contributed by atoms with Crippen LogP contribution < -0.4 is 5.30 Å². The fourth-order valence-corrected chi connectivity index (χ4v) is 8.09. The predicted molar refractivity (Wildman–Crippen MR) is 104 cm³/mol. The molecule has 2 aromatic rings. The summed E-state index contributed by atoms with van der Waals surface area (Å²) < 4.78 is 0. The van der Waals surface area contributed by atoms with E-state index in [4.69, 9.17) is 0 Å². The Kier molecular flexibility index (Phi) is 9.40. The standard InChI is InChI=1S/C17H26P.C5H5.Fe/c1-3-9-15(10-4-1)18(17-13-7-8-14-17)16-11-5-2-6-12-16;1-2-4-5-3-1;/h7-8,13-16H,1-6,9-12H2;1-5H;/q2*-1;+2. The Morgan fingerprint density at radius 3 is 1.62 bits per heavy atom. The van der Waals surface area contributed by atoms with E-state index in [0.29, 0.717) is 0 Å². The molecule has 0 nitrogen and oxygen atoms in total. The molecule has 0 amide bonds. The van der Waals surface area contributed by atoms with Crippen molar-refractivity contribution in [3.8, 4) is 0 Å². The van der Waals surface area contributed by atoms with E-state index in [1.54, 1.807) is 5.30 Å². The smallest absolute Gasteiger partial charge is 0.214 e. The molecule has 2 aliphatic rings. The Hall–Kier alpha value is -0.351. The van der Waals surface area contributed by atoms with E-state index in [-0.39, 0.29) is 25.0 Å². The third-order valence-corrected chi connectivity index (χ3v) is 8.94. The van der Waals surface area contributed by atoms with Crippen LogP contribution in [-0.2, 0) is 17.1 Å². The molecule has 2 saturated carbocycles. The van der Waals surface area contributed by atoms with Crippen LogP contribution in [0.2, 0.25) is 0 Å². The van der Waals surface area contributed by atoms with Gasteiger partial charge in [0.2, 0.25) is 0 Å². The van der Waals surface area contributed by atoms with E-state index >= 15 is 0 Å². The molecule has 0 aliphatic heterocycles. The molecule has 0 unspecified atom stereocenters. The summed E-state index contributed by atoms with van der Waals surface area (Å²) in [7, 11) is 0.145. The molecule has 0 spiro atoms. The third kappa shape index (κ3) is 5.87. The Labute approximate surface area is 160 Å². The molecule has 0 N–H and O–H groups in total. The fraction of sp³-hybridized carbons (Fsp3) is 0.545. The summed E-state index contributed by atoms with van der Waals surface area (Å²) in [6.07, 6.45) is 15.1. The predicted octanol–water partition coefficient (Wildman–Crippen LogP) is 6.58. The normalized spacial score (nSPS) is 19.4. The summed E-state index contributed by atoms with van der Waals surface area (Å²) in [5, 5.41) is 1.73. The number of rotatable bonds is 3. The van der Waals surface area contributed by atoms with Gasteiger partial charge in [-0.25, -0.2) is 24.3 Å². The molecule has 2 heteroatoms. The van der Waals surface area contributed by atoms with Gasteiger partial charge in [0, 0.05) is 0 Å². The SMILES string of the molecule is [Fe+2].c1c[cH-]c(P(C2CCCCC2)C2CCCCC2)c1.c1cc[cH-]c1. The van der Waals surface area contributed by atoms with Crippen LogP contribution >= 0.6 is 7.92 Å². The molecule has 24 heavy (non-hydrogen) atoms. The Morgan fingerprint density at radius 1 is 0.708 bits per heavy atom. The minimum Gasteiger partial charge on any atom is -0.214 e. The maximum absolute atomic E-state index is 2.43. The van der Waals surface area contributed by atoms with Gasteiger partial charge in [-0.05, 0) is 37.0 Å². The van der Waals surface area contributed by atoms with E-state index in [1.807, 2.05) is 30.3 Å². The van der Waals surface area contributed by atoms with Crippen molar-refractivity contribution >= 4 is 13.2 Å². The largest absolute Gasteiger partial charge is 2.00 e. The fourth-order valence-electron chi connectivity index (χ4n) is 4.29. The number of hydrogen-bond donors (Lipinski definition) is 0. The topological polar surface area (TPSA) is 0 Å². The first kappa shape index (κ1) is 20.0. The molecule has 4 rings (SSSR count). The van der Waals surface area contributed by atoms with E-state index in [1.165, 1.54) is 64.2 Å². The second-order valence-corrected chi connectivity index (χ2v) is 9.89. The van der Waals surface area contributed by atoms with Gasteiger partial charge < -0.3 is 0 Å². The molecule has 2 fully saturated rings. The molecule has 0 atom stereocenters. The summed E-state index contributed by atoms with van der Waals surface area (Å²) >= 11 is 0. The maximum atomic E-state index is 2.43. The molecular formula is C22H31FeP. The van der Waals surface area contributed by atoms with Gasteiger partial charge in [0.25, 0.3) is 0 Å². The summed E-state index contributed by atoms with van der Waals surface area (Å²) in [4.78, 5) is 0. The molecule has 2 aliphatic carbocycles. The molecular weight excluding hydrogens is 351 g/mol. The van der Waals surface area contributed by atoms with Gasteiger partial charge >= 0.3 is 17.1 Å². The minimum atomic E-state index is 0. The first-order chi connectivity index (χ1) is 11.4. The van der Waals surface area contributed by atoms with Crippen LogP contribution in [0, 0.1) is 0 Å². The Morgan fingerprint density at radius 2 is 1.25 bits per heavy atom. The Bertz CT molecular complexity index is 455. The summed E-state index contributed by atoms with van der Waals surface area (Å²) in [6, 6.07) is 19.4. The maximum Gasteiger partial charge on any atom is 2.00 e. The van der Waals surface area contributed by atoms with Crippen molar-refractivity contribution in [3.63, 3.8) is 0 Å². The van der Waals surface area contributed by atoms with E-state index in [2.05, 4.69) is 24.3 Å². The van der Waals surface area contributed by atoms with Crippen molar-refractivity contribution in [1.82, 2.24) is 0 Å². The van der Waals surface area contributed by atoms with Crippen molar-refractivity contribution in [2.45, 2.75) is 75.5 Å². The van der Waals surface area contributed by atoms with Crippen LogP contribution in [0.25, 0.3) is 0 Å². The molecule has 132 valence electrons. The van der Waals surface area contributed by atoms with Gasteiger partial charge in [-0.3, -0.25) is 0 Å². The van der Waals surface area contributed by atoms with Gasteiger partial charge in [-0.15, -0.1) is 5.30 Å². The first-order valence-electron chi connectivity index (χ1n) is 9.62. The Balaban J connectivity index is 0.000000300. The van der Waals surface area contributed by atoms with Crippen molar-refractivity contribution in [1.29, 1.82) is 0 Å². The minimum absolute atomic E-state index is 0. The molecule has 2 aromatic carbocycles. The van der Waals surface area contributed by atoms with Crippen molar-refractivity contribution < 1.29 is 17.1 Å². The first-order valence-corrected chi connectivity index (χ1v) is 11.1. The monoisotopic (exact) mass is 382 g/mol. The van der Waals surface area contributed by atoms with Crippen LogP contribution in [0.3, 0.4) is 0 Å². The van der Waals surface area contributed by atoms with Gasteiger partial charge in [0.15, 0.2) is 0 Å². The molecule has 0 saturated heterocycles. The van der Waals surface area contributed by atoms with E-state index < -0.39 is 0 Å². The molecule has 0 aromatic heterocycles. The average Bonchev–Trinajstić information content (AvgIpc) is 3.34. The van der Waals surface area contributed by atoms with Gasteiger partial charge in [0.05, 0.1) is 0 Å². The summed E-state index contributed by atoms with van der Waals surface area (Å²) in [6.45, 7) is 0. The van der Waals surface area contributed by atoms with Gasteiger partial charge in [-0.2, -0.15) is 30.3 Å². The van der Waals surface area contributed by atoms with Gasteiger partial charge in [-0.1, -0.05) is 46.4 Å². The van der Waals surface area contributed by atoms with Crippen molar-refractivity contribution in [2.24, 2.45) is 0 Å². The molecule has 0 bridgehead atoms. The van der Waals surface area contributed by atoms with Crippen LogP contribution in [0.5, 0.6) is 0 Å². The molecule has 0 heterocycles. The van der Waals surface area contributed by atoms with Crippen LogP contribution in [-0.4, -0.2) is 11.3 Å². The zero-order valence-electron chi connectivity index (χ0n) is 14.7. The number of hydrogen-bond acceptors (Lipinski definition) is 0. The zero-order chi connectivity index (χ0) is 15.7. The second-order valence-electron chi connectivity index (χ2n) is 7.10. The van der Waals surface area contributed by atoms with Crippen LogP contribution in [0.15, 0.2) is 54.6 Å². The third-order valence-electron chi connectivity index (χ3n) is 5.43. The summed E-state index contributed by atoms with van der Waals surface area (Å²) in [5.74, 6) is 0. The van der Waals surface area contributed by atoms with Gasteiger partial charge in [0.1, 0.15) is 0 Å². The van der Waals surface area contributed by atoms with Crippen molar-refractivity contribution in [2.75, 3.05) is 0 Å². The second kappa shape index (κ2) is 11.3. The zero-order valence-corrected chi connectivity index (χ0v) is 16.7. The summed E-state index contributed by atoms with van der Waals surface area (Å²) in [5.41, 5.74) is 2.11. The average molecular weight is 382 g/mol. The van der Waals surface area contributed by atoms with E-state index in [0.717, 1.165) is 11.3 Å².